The fourth-order valence-electron chi connectivity index (χ4n) is 0.873. The van der Waals surface area contributed by atoms with E-state index in [0.29, 0.717) is 16.1 Å². The number of halogens is 2. The van der Waals surface area contributed by atoms with Crippen molar-refractivity contribution in [3.63, 3.8) is 0 Å². The van der Waals surface area contributed by atoms with E-state index in [0.717, 1.165) is 4.47 Å². The van der Waals surface area contributed by atoms with Crippen molar-refractivity contribution in [2.75, 3.05) is 0 Å². The predicted molar refractivity (Wildman–Crippen MR) is 46.7 cm³/mol. The summed E-state index contributed by atoms with van der Waals surface area (Å²) in [4.78, 5) is 3.95. The maximum absolute atomic E-state index is 5.90. The minimum atomic E-state index is 0.594. The number of benzene rings is 1. The second-order valence-corrected chi connectivity index (χ2v) is 3.29. The van der Waals surface area contributed by atoms with Crippen molar-refractivity contribution in [2.45, 2.75) is 0 Å². The highest BCUT2D eigenvalue weighted by atomic mass is 79.9. The SMILES string of the molecule is Clc1c(Br)ccc2ocnc12. The highest BCUT2D eigenvalue weighted by molar-refractivity contribution is 9.10. The Morgan fingerprint density at radius 3 is 3.09 bits per heavy atom. The topological polar surface area (TPSA) is 26.0 Å². The Bertz CT molecular complexity index is 398. The van der Waals surface area contributed by atoms with Gasteiger partial charge < -0.3 is 4.42 Å². The second kappa shape index (κ2) is 2.50. The molecule has 0 atom stereocenters. The number of hydrogen-bond acceptors (Lipinski definition) is 2. The number of aromatic nitrogens is 1. The van der Waals surface area contributed by atoms with E-state index in [1.807, 2.05) is 12.1 Å². The van der Waals surface area contributed by atoms with Crippen LogP contribution in [0.1, 0.15) is 0 Å². The number of nitrogens with zero attached hydrogens (tertiary/aromatic N) is 1. The summed E-state index contributed by atoms with van der Waals surface area (Å²) in [7, 11) is 0. The van der Waals surface area contributed by atoms with Gasteiger partial charge in [-0.2, -0.15) is 0 Å². The van der Waals surface area contributed by atoms with Gasteiger partial charge in [-0.25, -0.2) is 4.98 Å². The van der Waals surface area contributed by atoms with Gasteiger partial charge in [0.05, 0.1) is 5.02 Å². The average Bonchev–Trinajstić information content (AvgIpc) is 2.45. The molecule has 4 heteroatoms. The maximum Gasteiger partial charge on any atom is 0.182 e. The molecule has 0 unspecified atom stereocenters. The lowest BCUT2D eigenvalue weighted by atomic mass is 10.3. The zero-order valence-corrected chi connectivity index (χ0v) is 7.69. The first-order valence-electron chi connectivity index (χ1n) is 2.96. The van der Waals surface area contributed by atoms with Gasteiger partial charge in [-0.3, -0.25) is 0 Å². The Balaban J connectivity index is 2.93. The largest absolute Gasteiger partial charge is 0.443 e. The molecule has 1 heterocycles. The Morgan fingerprint density at radius 2 is 2.27 bits per heavy atom. The summed E-state index contributed by atoms with van der Waals surface area (Å²) in [5.41, 5.74) is 1.40. The standard InChI is InChI=1S/C7H3BrClNO/c8-4-1-2-5-7(6(4)9)10-3-11-5/h1-3H. The van der Waals surface area contributed by atoms with Gasteiger partial charge in [-0.15, -0.1) is 0 Å². The quantitative estimate of drug-likeness (QED) is 0.697. The second-order valence-electron chi connectivity index (χ2n) is 2.06. The molecule has 0 spiro atoms. The zero-order valence-electron chi connectivity index (χ0n) is 5.34. The van der Waals surface area contributed by atoms with Crippen LogP contribution in [0.2, 0.25) is 5.02 Å². The predicted octanol–water partition coefficient (Wildman–Crippen LogP) is 3.24. The summed E-state index contributed by atoms with van der Waals surface area (Å²) in [6, 6.07) is 3.65. The Kier molecular flexibility index (Phi) is 1.62. The van der Waals surface area contributed by atoms with Crippen molar-refractivity contribution in [1.82, 2.24) is 4.98 Å². The van der Waals surface area contributed by atoms with E-state index < -0.39 is 0 Å². The maximum atomic E-state index is 5.90. The fourth-order valence-corrected chi connectivity index (χ4v) is 1.40. The summed E-state index contributed by atoms with van der Waals surface area (Å²) >= 11 is 9.19. The summed E-state index contributed by atoms with van der Waals surface area (Å²) in [6.07, 6.45) is 1.38. The van der Waals surface area contributed by atoms with E-state index >= 15 is 0 Å². The molecule has 1 aromatic heterocycles. The van der Waals surface area contributed by atoms with E-state index in [1.54, 1.807) is 0 Å². The molecule has 1 aromatic carbocycles. The molecule has 0 N–H and O–H groups in total. The zero-order chi connectivity index (χ0) is 7.84. The van der Waals surface area contributed by atoms with Crippen LogP contribution in [-0.4, -0.2) is 4.98 Å². The van der Waals surface area contributed by atoms with Crippen LogP contribution in [0.5, 0.6) is 0 Å². The summed E-state index contributed by atoms with van der Waals surface area (Å²) in [5, 5.41) is 0.594. The van der Waals surface area contributed by atoms with E-state index in [4.69, 9.17) is 16.0 Å². The van der Waals surface area contributed by atoms with Crippen molar-refractivity contribution in [2.24, 2.45) is 0 Å². The number of hydrogen-bond donors (Lipinski definition) is 0. The molecule has 56 valence electrons. The monoisotopic (exact) mass is 231 g/mol. The van der Waals surface area contributed by atoms with Crippen LogP contribution in [0.15, 0.2) is 27.4 Å². The Hall–Kier alpha value is -0.540. The van der Waals surface area contributed by atoms with Gasteiger partial charge in [0.25, 0.3) is 0 Å². The van der Waals surface area contributed by atoms with Crippen molar-refractivity contribution in [3.8, 4) is 0 Å². The van der Waals surface area contributed by atoms with Gasteiger partial charge in [0, 0.05) is 4.47 Å². The van der Waals surface area contributed by atoms with Crippen molar-refractivity contribution in [1.29, 1.82) is 0 Å². The van der Waals surface area contributed by atoms with E-state index in [-0.39, 0.29) is 0 Å². The molecule has 2 rings (SSSR count). The normalized spacial score (nSPS) is 10.7. The van der Waals surface area contributed by atoms with Gasteiger partial charge in [0.2, 0.25) is 0 Å². The third-order valence-electron chi connectivity index (χ3n) is 1.39. The summed E-state index contributed by atoms with van der Waals surface area (Å²) < 4.78 is 5.87. The van der Waals surface area contributed by atoms with Gasteiger partial charge in [0.1, 0.15) is 5.52 Å². The van der Waals surface area contributed by atoms with Crippen LogP contribution in [0.25, 0.3) is 11.1 Å². The van der Waals surface area contributed by atoms with E-state index in [2.05, 4.69) is 20.9 Å². The minimum absolute atomic E-state index is 0.594. The van der Waals surface area contributed by atoms with Crippen molar-refractivity contribution in [3.05, 3.63) is 28.0 Å². The highest BCUT2D eigenvalue weighted by Gasteiger charge is 2.05. The van der Waals surface area contributed by atoms with Crippen LogP contribution in [0.3, 0.4) is 0 Å². The molecule has 0 fully saturated rings. The third-order valence-corrected chi connectivity index (χ3v) is 2.67. The van der Waals surface area contributed by atoms with Crippen LogP contribution in [0, 0.1) is 0 Å². The molecule has 0 amide bonds. The van der Waals surface area contributed by atoms with Gasteiger partial charge in [-0.05, 0) is 28.1 Å². The lowest BCUT2D eigenvalue weighted by Crippen LogP contribution is -1.71. The first-order chi connectivity index (χ1) is 5.29. The molecule has 2 aromatic rings. The first-order valence-corrected chi connectivity index (χ1v) is 4.13. The Labute approximate surface area is 76.3 Å². The van der Waals surface area contributed by atoms with Gasteiger partial charge in [0.15, 0.2) is 12.0 Å². The number of oxazole rings is 1. The van der Waals surface area contributed by atoms with Crippen LogP contribution in [-0.2, 0) is 0 Å². The molecular weight excluding hydrogens is 229 g/mol. The van der Waals surface area contributed by atoms with Crippen LogP contribution < -0.4 is 0 Å². The van der Waals surface area contributed by atoms with E-state index in [9.17, 15) is 0 Å². The fraction of sp³-hybridized carbons (Fsp3) is 0. The molecule has 0 saturated carbocycles. The molecule has 11 heavy (non-hydrogen) atoms. The molecule has 0 radical (unpaired) electrons. The van der Waals surface area contributed by atoms with Crippen LogP contribution in [0.4, 0.5) is 0 Å². The smallest absolute Gasteiger partial charge is 0.182 e. The number of rotatable bonds is 0. The molecule has 0 aliphatic carbocycles. The number of fused-ring (bicyclic) bond motifs is 1. The van der Waals surface area contributed by atoms with E-state index in [1.165, 1.54) is 6.39 Å². The van der Waals surface area contributed by atoms with Gasteiger partial charge in [-0.1, -0.05) is 11.6 Å². The van der Waals surface area contributed by atoms with Crippen LogP contribution >= 0.6 is 27.5 Å². The molecular formula is C7H3BrClNO. The van der Waals surface area contributed by atoms with Crippen molar-refractivity contribution < 1.29 is 4.42 Å². The lowest BCUT2D eigenvalue weighted by molar-refractivity contribution is 0.602. The molecule has 0 aliphatic rings. The minimum Gasteiger partial charge on any atom is -0.443 e. The Morgan fingerprint density at radius 1 is 1.45 bits per heavy atom. The molecule has 2 nitrogen and oxygen atoms in total. The highest BCUT2D eigenvalue weighted by Crippen LogP contribution is 2.29. The van der Waals surface area contributed by atoms with Crippen molar-refractivity contribution >= 4 is 38.6 Å². The summed E-state index contributed by atoms with van der Waals surface area (Å²) in [5.74, 6) is 0. The third kappa shape index (κ3) is 1.04. The lowest BCUT2D eigenvalue weighted by Gasteiger charge is -1.92. The molecule has 0 saturated heterocycles. The molecule has 0 aliphatic heterocycles. The summed E-state index contributed by atoms with van der Waals surface area (Å²) in [6.45, 7) is 0. The van der Waals surface area contributed by atoms with Gasteiger partial charge >= 0.3 is 0 Å². The average molecular weight is 232 g/mol. The first kappa shape index (κ1) is 7.13. The molecule has 0 bridgehead atoms.